The predicted molar refractivity (Wildman–Crippen MR) is 57.2 cm³/mol. The maximum Gasteiger partial charge on any atom is 0.433 e. The predicted octanol–water partition coefficient (Wildman–Crippen LogP) is 3.47. The molecule has 2 nitrogen and oxygen atoms in total. The molecule has 0 fully saturated rings. The molecular formula is C12H9F3N2. The third-order valence-electron chi connectivity index (χ3n) is 2.23. The largest absolute Gasteiger partial charge is 0.433 e. The average Bonchev–Trinajstić information content (AvgIpc) is 2.28. The van der Waals surface area contributed by atoms with E-state index < -0.39 is 11.9 Å². The van der Waals surface area contributed by atoms with Gasteiger partial charge < -0.3 is 0 Å². The standard InChI is InChI=1S/C12H9F3N2/c1-8-3-2-4-10(17-8)9-5-6-16-11(7-9)12(13,14)15/h2-7H,1H3. The van der Waals surface area contributed by atoms with Crippen LogP contribution in [0.25, 0.3) is 11.3 Å². The number of pyridine rings is 2. The van der Waals surface area contributed by atoms with E-state index in [1.54, 1.807) is 25.1 Å². The molecule has 2 aromatic heterocycles. The lowest BCUT2D eigenvalue weighted by molar-refractivity contribution is -0.141. The van der Waals surface area contributed by atoms with E-state index in [-0.39, 0.29) is 0 Å². The third-order valence-corrected chi connectivity index (χ3v) is 2.23. The first-order chi connectivity index (χ1) is 7.97. The summed E-state index contributed by atoms with van der Waals surface area (Å²) in [5.41, 5.74) is 0.778. The van der Waals surface area contributed by atoms with Crippen molar-refractivity contribution in [2.24, 2.45) is 0 Å². The van der Waals surface area contributed by atoms with E-state index in [1.165, 1.54) is 6.07 Å². The molecule has 5 heteroatoms. The molecule has 0 aliphatic rings. The highest BCUT2D eigenvalue weighted by atomic mass is 19.4. The van der Waals surface area contributed by atoms with Crippen molar-refractivity contribution in [1.29, 1.82) is 0 Å². The zero-order valence-electron chi connectivity index (χ0n) is 8.99. The Hall–Kier alpha value is -1.91. The van der Waals surface area contributed by atoms with Gasteiger partial charge in [-0.3, -0.25) is 9.97 Å². The Morgan fingerprint density at radius 2 is 1.88 bits per heavy atom. The summed E-state index contributed by atoms with van der Waals surface area (Å²) < 4.78 is 37.4. The van der Waals surface area contributed by atoms with Crippen LogP contribution in [0.15, 0.2) is 36.5 Å². The summed E-state index contributed by atoms with van der Waals surface area (Å²) in [6, 6.07) is 7.72. The minimum Gasteiger partial charge on any atom is -0.253 e. The Morgan fingerprint density at radius 1 is 1.12 bits per heavy atom. The van der Waals surface area contributed by atoms with Crippen molar-refractivity contribution < 1.29 is 13.2 Å². The highest BCUT2D eigenvalue weighted by Gasteiger charge is 2.32. The number of alkyl halides is 3. The van der Waals surface area contributed by atoms with Gasteiger partial charge in [-0.15, -0.1) is 0 Å². The quantitative estimate of drug-likeness (QED) is 0.760. The Kier molecular flexibility index (Phi) is 2.83. The molecular weight excluding hydrogens is 229 g/mol. The SMILES string of the molecule is Cc1cccc(-c2ccnc(C(F)(F)F)c2)n1. The van der Waals surface area contributed by atoms with Crippen LogP contribution >= 0.6 is 0 Å². The molecule has 0 unspecified atom stereocenters. The normalized spacial score (nSPS) is 11.5. The monoisotopic (exact) mass is 238 g/mol. The minimum atomic E-state index is -4.43. The van der Waals surface area contributed by atoms with Crippen molar-refractivity contribution in [2.75, 3.05) is 0 Å². The minimum absolute atomic E-state index is 0.413. The molecule has 2 rings (SSSR count). The van der Waals surface area contributed by atoms with E-state index in [1.807, 2.05) is 0 Å². The summed E-state index contributed by atoms with van der Waals surface area (Å²) in [5, 5.41) is 0. The van der Waals surface area contributed by atoms with Gasteiger partial charge in [-0.25, -0.2) is 0 Å². The van der Waals surface area contributed by atoms with Crippen LogP contribution < -0.4 is 0 Å². The van der Waals surface area contributed by atoms with E-state index in [4.69, 9.17) is 0 Å². The van der Waals surface area contributed by atoms with E-state index >= 15 is 0 Å². The van der Waals surface area contributed by atoms with Crippen LogP contribution in [0.1, 0.15) is 11.4 Å². The number of aryl methyl sites for hydroxylation is 1. The fourth-order valence-electron chi connectivity index (χ4n) is 1.45. The van der Waals surface area contributed by atoms with E-state index in [0.717, 1.165) is 18.0 Å². The summed E-state index contributed by atoms with van der Waals surface area (Å²) in [5.74, 6) is 0. The van der Waals surface area contributed by atoms with Crippen LogP contribution in [0.2, 0.25) is 0 Å². The summed E-state index contributed by atoms with van der Waals surface area (Å²) in [7, 11) is 0. The Morgan fingerprint density at radius 3 is 2.53 bits per heavy atom. The molecule has 88 valence electrons. The molecule has 0 atom stereocenters. The summed E-state index contributed by atoms with van der Waals surface area (Å²) >= 11 is 0. The second kappa shape index (κ2) is 4.16. The number of nitrogens with zero attached hydrogens (tertiary/aromatic N) is 2. The van der Waals surface area contributed by atoms with Crippen LogP contribution in [-0.2, 0) is 6.18 Å². The molecule has 0 spiro atoms. The molecule has 0 N–H and O–H groups in total. The molecule has 0 saturated carbocycles. The fraction of sp³-hybridized carbons (Fsp3) is 0.167. The van der Waals surface area contributed by atoms with E-state index in [2.05, 4.69) is 9.97 Å². The van der Waals surface area contributed by atoms with Gasteiger partial charge in [-0.05, 0) is 31.2 Å². The van der Waals surface area contributed by atoms with Crippen molar-refractivity contribution in [3.8, 4) is 11.3 Å². The van der Waals surface area contributed by atoms with Crippen LogP contribution in [0, 0.1) is 6.92 Å². The summed E-state index contributed by atoms with van der Waals surface area (Å²) in [6.45, 7) is 1.79. The van der Waals surface area contributed by atoms with Gasteiger partial charge in [-0.2, -0.15) is 13.2 Å². The zero-order chi connectivity index (χ0) is 12.5. The zero-order valence-corrected chi connectivity index (χ0v) is 8.99. The first kappa shape index (κ1) is 11.6. The molecule has 0 bridgehead atoms. The molecule has 0 amide bonds. The Labute approximate surface area is 96.2 Å². The molecule has 0 aliphatic heterocycles. The highest BCUT2D eigenvalue weighted by Crippen LogP contribution is 2.29. The van der Waals surface area contributed by atoms with Gasteiger partial charge >= 0.3 is 6.18 Å². The molecule has 2 aromatic rings. The summed E-state index contributed by atoms with van der Waals surface area (Å²) in [6.07, 6.45) is -3.29. The number of hydrogen-bond acceptors (Lipinski definition) is 2. The van der Waals surface area contributed by atoms with Crippen molar-refractivity contribution in [3.63, 3.8) is 0 Å². The van der Waals surface area contributed by atoms with Gasteiger partial charge in [0.1, 0.15) is 5.69 Å². The maximum atomic E-state index is 12.5. The van der Waals surface area contributed by atoms with Crippen molar-refractivity contribution in [1.82, 2.24) is 9.97 Å². The van der Waals surface area contributed by atoms with Crippen molar-refractivity contribution in [2.45, 2.75) is 13.1 Å². The topological polar surface area (TPSA) is 25.8 Å². The smallest absolute Gasteiger partial charge is 0.253 e. The molecule has 0 radical (unpaired) electrons. The average molecular weight is 238 g/mol. The number of rotatable bonds is 1. The first-order valence-corrected chi connectivity index (χ1v) is 4.94. The summed E-state index contributed by atoms with van der Waals surface area (Å²) in [4.78, 5) is 7.48. The Bertz CT molecular complexity index is 535. The van der Waals surface area contributed by atoms with Gasteiger partial charge in [0.15, 0.2) is 0 Å². The van der Waals surface area contributed by atoms with Crippen molar-refractivity contribution >= 4 is 0 Å². The van der Waals surface area contributed by atoms with Gasteiger partial charge in [0.2, 0.25) is 0 Å². The molecule has 0 aromatic carbocycles. The molecule has 17 heavy (non-hydrogen) atoms. The highest BCUT2D eigenvalue weighted by molar-refractivity contribution is 5.59. The van der Waals surface area contributed by atoms with E-state index in [0.29, 0.717) is 11.3 Å². The second-order valence-electron chi connectivity index (χ2n) is 3.59. The number of aromatic nitrogens is 2. The van der Waals surface area contributed by atoms with Crippen molar-refractivity contribution in [3.05, 3.63) is 47.9 Å². The number of hydrogen-bond donors (Lipinski definition) is 0. The van der Waals surface area contributed by atoms with Gasteiger partial charge in [0.25, 0.3) is 0 Å². The molecule has 0 aliphatic carbocycles. The third kappa shape index (κ3) is 2.61. The van der Waals surface area contributed by atoms with Gasteiger partial charge in [0.05, 0.1) is 5.69 Å². The van der Waals surface area contributed by atoms with Crippen LogP contribution in [-0.4, -0.2) is 9.97 Å². The fourth-order valence-corrected chi connectivity index (χ4v) is 1.45. The maximum absolute atomic E-state index is 12.5. The lowest BCUT2D eigenvalue weighted by Crippen LogP contribution is -2.07. The Balaban J connectivity index is 2.47. The molecule has 0 saturated heterocycles. The second-order valence-corrected chi connectivity index (χ2v) is 3.59. The van der Waals surface area contributed by atoms with Crippen LogP contribution in [0.3, 0.4) is 0 Å². The number of halogens is 3. The first-order valence-electron chi connectivity index (χ1n) is 4.94. The van der Waals surface area contributed by atoms with Gasteiger partial charge in [0, 0.05) is 17.5 Å². The van der Waals surface area contributed by atoms with E-state index in [9.17, 15) is 13.2 Å². The van der Waals surface area contributed by atoms with Crippen LogP contribution in [0.4, 0.5) is 13.2 Å². The van der Waals surface area contributed by atoms with Crippen LogP contribution in [0.5, 0.6) is 0 Å². The lowest BCUT2D eigenvalue weighted by atomic mass is 10.1. The lowest BCUT2D eigenvalue weighted by Gasteiger charge is -2.07. The molecule has 2 heterocycles. The van der Waals surface area contributed by atoms with Gasteiger partial charge in [-0.1, -0.05) is 6.07 Å².